The summed E-state index contributed by atoms with van der Waals surface area (Å²) in [4.78, 5) is 24.9. The Morgan fingerprint density at radius 2 is 1.87 bits per heavy atom. The fourth-order valence-corrected chi connectivity index (χ4v) is 3.35. The average molecular weight is 411 g/mol. The molecule has 0 aliphatic heterocycles. The van der Waals surface area contributed by atoms with E-state index >= 15 is 0 Å². The van der Waals surface area contributed by atoms with Gasteiger partial charge in [0.1, 0.15) is 11.5 Å². The fraction of sp³-hybridized carbons (Fsp3) is 0.304. The molecular weight excluding hydrogens is 385 g/mol. The predicted octanol–water partition coefficient (Wildman–Crippen LogP) is 3.75. The van der Waals surface area contributed by atoms with Crippen molar-refractivity contribution in [2.24, 2.45) is 0 Å². The zero-order valence-electron chi connectivity index (χ0n) is 17.2. The van der Waals surface area contributed by atoms with Crippen molar-refractivity contribution in [1.82, 2.24) is 9.88 Å². The van der Waals surface area contributed by atoms with Gasteiger partial charge in [0.05, 0.1) is 13.0 Å². The zero-order valence-corrected chi connectivity index (χ0v) is 17.2. The molecule has 0 fully saturated rings. The molecule has 30 heavy (non-hydrogen) atoms. The topological polar surface area (TPSA) is 72.4 Å². The molecule has 3 aromatic rings. The highest BCUT2D eigenvalue weighted by molar-refractivity contribution is 6.00. The Balaban J connectivity index is 1.78. The number of aryl methyl sites for hydroxylation is 1. The quantitative estimate of drug-likeness (QED) is 0.527. The highest BCUT2D eigenvalue weighted by Gasteiger charge is 2.15. The van der Waals surface area contributed by atoms with E-state index in [0.717, 1.165) is 22.9 Å². The maximum atomic E-state index is 13.0. The summed E-state index contributed by atoms with van der Waals surface area (Å²) in [6.07, 6.45) is 1.04. The number of benzene rings is 2. The van der Waals surface area contributed by atoms with Crippen molar-refractivity contribution >= 4 is 28.4 Å². The first-order chi connectivity index (χ1) is 14.5. The average Bonchev–Trinajstić information content (AvgIpc) is 3.08. The van der Waals surface area contributed by atoms with Gasteiger partial charge in [-0.1, -0.05) is 19.1 Å². The second-order valence-corrected chi connectivity index (χ2v) is 7.05. The van der Waals surface area contributed by atoms with Crippen LogP contribution in [-0.4, -0.2) is 36.6 Å². The molecular formula is C23H26FN3O3. The molecule has 0 radical (unpaired) electrons. The summed E-state index contributed by atoms with van der Waals surface area (Å²) in [6.45, 7) is 3.66. The number of halogens is 1. The van der Waals surface area contributed by atoms with E-state index in [1.165, 1.54) is 12.1 Å². The highest BCUT2D eigenvalue weighted by Crippen LogP contribution is 2.24. The zero-order chi connectivity index (χ0) is 21.5. The summed E-state index contributed by atoms with van der Waals surface area (Å²) in [5.74, 6) is -0.673. The number of rotatable bonds is 9. The van der Waals surface area contributed by atoms with Crippen molar-refractivity contribution in [3.63, 3.8) is 0 Å². The molecule has 1 heterocycles. The van der Waals surface area contributed by atoms with Crippen LogP contribution in [0.3, 0.4) is 0 Å². The summed E-state index contributed by atoms with van der Waals surface area (Å²) < 4.78 is 20.0. The highest BCUT2D eigenvalue weighted by atomic mass is 19.1. The van der Waals surface area contributed by atoms with Crippen LogP contribution in [0.15, 0.2) is 48.5 Å². The largest absolute Gasteiger partial charge is 0.383 e. The first kappa shape index (κ1) is 21.5. The van der Waals surface area contributed by atoms with Crippen LogP contribution in [0.25, 0.3) is 10.9 Å². The minimum Gasteiger partial charge on any atom is -0.383 e. The van der Waals surface area contributed by atoms with Crippen molar-refractivity contribution in [2.75, 3.05) is 25.6 Å². The van der Waals surface area contributed by atoms with Crippen LogP contribution in [0, 0.1) is 5.82 Å². The molecule has 0 unspecified atom stereocenters. The van der Waals surface area contributed by atoms with Gasteiger partial charge in [0, 0.05) is 36.8 Å². The first-order valence-corrected chi connectivity index (χ1v) is 9.96. The minimum atomic E-state index is -0.330. The molecule has 158 valence electrons. The molecule has 0 spiro atoms. The summed E-state index contributed by atoms with van der Waals surface area (Å²) in [5, 5.41) is 6.60. The van der Waals surface area contributed by atoms with E-state index in [1.54, 1.807) is 19.2 Å². The number of fused-ring (bicyclic) bond motifs is 1. The lowest BCUT2D eigenvalue weighted by Crippen LogP contribution is -2.28. The van der Waals surface area contributed by atoms with Crippen LogP contribution < -0.4 is 10.6 Å². The van der Waals surface area contributed by atoms with Gasteiger partial charge in [0.25, 0.3) is 5.91 Å². The maximum absolute atomic E-state index is 13.0. The van der Waals surface area contributed by atoms with E-state index in [0.29, 0.717) is 31.1 Å². The van der Waals surface area contributed by atoms with Crippen molar-refractivity contribution in [3.8, 4) is 0 Å². The molecule has 0 saturated carbocycles. The molecule has 2 aromatic carbocycles. The van der Waals surface area contributed by atoms with E-state index in [2.05, 4.69) is 17.6 Å². The lowest BCUT2D eigenvalue weighted by Gasteiger charge is -2.10. The van der Waals surface area contributed by atoms with Crippen molar-refractivity contribution in [2.45, 2.75) is 26.3 Å². The van der Waals surface area contributed by atoms with Crippen LogP contribution in [0.4, 0.5) is 10.1 Å². The van der Waals surface area contributed by atoms with Crippen LogP contribution in [-0.2, 0) is 22.5 Å². The second-order valence-electron chi connectivity index (χ2n) is 7.05. The molecule has 2 amide bonds. The Morgan fingerprint density at radius 3 is 2.57 bits per heavy atom. The maximum Gasteiger partial charge on any atom is 0.268 e. The number of amides is 2. The Kier molecular flexibility index (Phi) is 7.19. The van der Waals surface area contributed by atoms with E-state index in [9.17, 15) is 14.0 Å². The Bertz CT molecular complexity index is 1030. The van der Waals surface area contributed by atoms with E-state index < -0.39 is 0 Å². The molecule has 3 rings (SSSR count). The SMILES string of the molecule is CCCn1c(C(=O)NCCOC)cc2cc(NC(=O)Cc3ccc(F)cc3)ccc21. The van der Waals surface area contributed by atoms with Gasteiger partial charge in [0.15, 0.2) is 0 Å². The van der Waals surface area contributed by atoms with Crippen LogP contribution >= 0.6 is 0 Å². The van der Waals surface area contributed by atoms with Gasteiger partial charge in [0.2, 0.25) is 5.91 Å². The van der Waals surface area contributed by atoms with Crippen LogP contribution in [0.1, 0.15) is 29.4 Å². The third kappa shape index (κ3) is 5.24. The van der Waals surface area contributed by atoms with Crippen molar-refractivity contribution in [1.29, 1.82) is 0 Å². The standard InChI is InChI=1S/C23H26FN3O3/c1-3-11-27-20-9-8-19(26-22(28)13-16-4-6-18(24)7-5-16)14-17(20)15-21(27)23(29)25-10-12-30-2/h4-9,14-15H,3,10-13H2,1-2H3,(H,25,29)(H,26,28). The van der Waals surface area contributed by atoms with Crippen LogP contribution in [0.2, 0.25) is 0 Å². The van der Waals surface area contributed by atoms with E-state index in [-0.39, 0.29) is 24.1 Å². The van der Waals surface area contributed by atoms with Gasteiger partial charge in [-0.15, -0.1) is 0 Å². The van der Waals surface area contributed by atoms with Gasteiger partial charge in [-0.25, -0.2) is 4.39 Å². The number of methoxy groups -OCH3 is 1. The number of carbonyl (C=O) groups is 2. The van der Waals surface area contributed by atoms with E-state index in [4.69, 9.17) is 4.74 Å². The fourth-order valence-electron chi connectivity index (χ4n) is 3.35. The van der Waals surface area contributed by atoms with Gasteiger partial charge < -0.3 is 19.9 Å². The number of anilines is 1. The second kappa shape index (κ2) is 10.0. The number of ether oxygens (including phenoxy) is 1. The Hall–Kier alpha value is -3.19. The summed E-state index contributed by atoms with van der Waals surface area (Å²) in [6, 6.07) is 13.3. The molecule has 1 aromatic heterocycles. The van der Waals surface area contributed by atoms with Gasteiger partial charge >= 0.3 is 0 Å². The minimum absolute atomic E-state index is 0.154. The van der Waals surface area contributed by atoms with Crippen LogP contribution in [0.5, 0.6) is 0 Å². The number of hydrogen-bond acceptors (Lipinski definition) is 3. The molecule has 0 saturated heterocycles. The lowest BCUT2D eigenvalue weighted by molar-refractivity contribution is -0.115. The molecule has 6 nitrogen and oxygen atoms in total. The number of carbonyl (C=O) groups excluding carboxylic acids is 2. The summed E-state index contributed by atoms with van der Waals surface area (Å²) in [5.41, 5.74) is 2.90. The molecule has 0 aliphatic carbocycles. The molecule has 0 atom stereocenters. The third-order valence-corrected chi connectivity index (χ3v) is 4.73. The predicted molar refractivity (Wildman–Crippen MR) is 115 cm³/mol. The smallest absolute Gasteiger partial charge is 0.268 e. The number of aromatic nitrogens is 1. The summed E-state index contributed by atoms with van der Waals surface area (Å²) in [7, 11) is 1.59. The van der Waals surface area contributed by atoms with Crippen molar-refractivity contribution in [3.05, 3.63) is 65.6 Å². The third-order valence-electron chi connectivity index (χ3n) is 4.73. The lowest BCUT2D eigenvalue weighted by atomic mass is 10.1. The Labute approximate surface area is 175 Å². The van der Waals surface area contributed by atoms with Crippen molar-refractivity contribution < 1.29 is 18.7 Å². The number of nitrogens with one attached hydrogen (secondary N) is 2. The monoisotopic (exact) mass is 411 g/mol. The number of nitrogens with zero attached hydrogens (tertiary/aromatic N) is 1. The summed E-state index contributed by atoms with van der Waals surface area (Å²) >= 11 is 0. The first-order valence-electron chi connectivity index (χ1n) is 9.96. The normalized spacial score (nSPS) is 10.9. The molecule has 0 aliphatic rings. The molecule has 0 bridgehead atoms. The number of hydrogen-bond donors (Lipinski definition) is 2. The molecule has 2 N–H and O–H groups in total. The van der Waals surface area contributed by atoms with Gasteiger partial charge in [-0.3, -0.25) is 9.59 Å². The Morgan fingerprint density at radius 1 is 1.10 bits per heavy atom. The van der Waals surface area contributed by atoms with Gasteiger partial charge in [-0.05, 0) is 48.4 Å². The van der Waals surface area contributed by atoms with E-state index in [1.807, 2.05) is 28.8 Å². The van der Waals surface area contributed by atoms with Gasteiger partial charge in [-0.2, -0.15) is 0 Å². The molecule has 7 heteroatoms.